The molecule has 0 radical (unpaired) electrons. The largest absolute Gasteiger partial charge is 0.441 e. The maximum atomic E-state index is 12.0. The third-order valence-electron chi connectivity index (χ3n) is 4.32. The number of carbonyl (C=O) groups is 1. The molecule has 128 valence electrons. The van der Waals surface area contributed by atoms with Crippen LogP contribution < -0.4 is 5.32 Å². The van der Waals surface area contributed by atoms with E-state index < -0.39 is 0 Å². The van der Waals surface area contributed by atoms with Gasteiger partial charge in [0, 0.05) is 24.4 Å². The standard InChI is InChI=1S/C18H21ClN2O3/c19-15-4-2-1-3-14(15)16-11-20-18(24-16)10-9-17(23)21-12-5-7-13(22)8-6-12/h1-4,11-13,22H,5-10H2,(H,21,23). The lowest BCUT2D eigenvalue weighted by Gasteiger charge is -2.26. The van der Waals surface area contributed by atoms with Gasteiger partial charge in [-0.25, -0.2) is 4.98 Å². The summed E-state index contributed by atoms with van der Waals surface area (Å²) in [5.41, 5.74) is 0.795. The van der Waals surface area contributed by atoms with E-state index in [0.717, 1.165) is 31.2 Å². The van der Waals surface area contributed by atoms with Crippen molar-refractivity contribution in [2.24, 2.45) is 0 Å². The van der Waals surface area contributed by atoms with E-state index in [1.165, 1.54) is 0 Å². The van der Waals surface area contributed by atoms with Gasteiger partial charge in [0.1, 0.15) is 0 Å². The fraction of sp³-hybridized carbons (Fsp3) is 0.444. The first-order valence-corrected chi connectivity index (χ1v) is 8.66. The van der Waals surface area contributed by atoms with Crippen LogP contribution in [0.5, 0.6) is 0 Å². The van der Waals surface area contributed by atoms with E-state index in [2.05, 4.69) is 10.3 Å². The number of aryl methyl sites for hydroxylation is 1. The minimum atomic E-state index is -0.214. The van der Waals surface area contributed by atoms with Crippen LogP contribution in [0.4, 0.5) is 0 Å². The minimum absolute atomic E-state index is 0.00566. The van der Waals surface area contributed by atoms with Crippen LogP contribution in [0.25, 0.3) is 11.3 Å². The second kappa shape index (κ2) is 7.81. The molecule has 24 heavy (non-hydrogen) atoms. The number of halogens is 1. The SMILES string of the molecule is O=C(CCc1ncc(-c2ccccc2Cl)o1)NC1CCC(O)CC1. The van der Waals surface area contributed by atoms with E-state index in [1.807, 2.05) is 18.2 Å². The molecule has 1 amide bonds. The van der Waals surface area contributed by atoms with Gasteiger partial charge >= 0.3 is 0 Å². The highest BCUT2D eigenvalue weighted by atomic mass is 35.5. The first-order valence-electron chi connectivity index (χ1n) is 8.29. The van der Waals surface area contributed by atoms with Crippen LogP contribution in [0.3, 0.4) is 0 Å². The quantitative estimate of drug-likeness (QED) is 0.868. The van der Waals surface area contributed by atoms with Crippen LogP contribution in [-0.2, 0) is 11.2 Å². The van der Waals surface area contributed by atoms with Crippen molar-refractivity contribution in [1.29, 1.82) is 0 Å². The van der Waals surface area contributed by atoms with Crippen molar-refractivity contribution < 1.29 is 14.3 Å². The van der Waals surface area contributed by atoms with E-state index in [4.69, 9.17) is 16.0 Å². The maximum Gasteiger partial charge on any atom is 0.220 e. The van der Waals surface area contributed by atoms with Crippen LogP contribution >= 0.6 is 11.6 Å². The van der Waals surface area contributed by atoms with Crippen molar-refractivity contribution in [1.82, 2.24) is 10.3 Å². The van der Waals surface area contributed by atoms with Crippen LogP contribution in [0.15, 0.2) is 34.9 Å². The fourth-order valence-electron chi connectivity index (χ4n) is 2.95. The molecule has 2 N–H and O–H groups in total. The lowest BCUT2D eigenvalue weighted by Crippen LogP contribution is -2.38. The Balaban J connectivity index is 1.50. The van der Waals surface area contributed by atoms with Gasteiger partial charge < -0.3 is 14.8 Å². The predicted molar refractivity (Wildman–Crippen MR) is 91.7 cm³/mol. The number of carbonyl (C=O) groups excluding carboxylic acids is 1. The van der Waals surface area contributed by atoms with Gasteiger partial charge in [-0.2, -0.15) is 0 Å². The predicted octanol–water partition coefficient (Wildman–Crippen LogP) is 3.35. The summed E-state index contributed by atoms with van der Waals surface area (Å²) in [4.78, 5) is 16.3. The Morgan fingerprint density at radius 2 is 2.04 bits per heavy atom. The third-order valence-corrected chi connectivity index (χ3v) is 4.65. The summed E-state index contributed by atoms with van der Waals surface area (Å²) < 4.78 is 5.70. The van der Waals surface area contributed by atoms with Crippen LogP contribution in [0.2, 0.25) is 5.02 Å². The molecule has 0 spiro atoms. The highest BCUT2D eigenvalue weighted by Gasteiger charge is 2.20. The zero-order valence-electron chi connectivity index (χ0n) is 13.4. The summed E-state index contributed by atoms with van der Waals surface area (Å²) in [5.74, 6) is 1.13. The van der Waals surface area contributed by atoms with Gasteiger partial charge in [0.15, 0.2) is 11.7 Å². The summed E-state index contributed by atoms with van der Waals surface area (Å²) in [5, 5.41) is 13.1. The van der Waals surface area contributed by atoms with Crippen molar-refractivity contribution in [3.8, 4) is 11.3 Å². The van der Waals surface area contributed by atoms with Gasteiger partial charge in [0.25, 0.3) is 0 Å². The average Bonchev–Trinajstić information content (AvgIpc) is 3.04. The van der Waals surface area contributed by atoms with Crippen molar-refractivity contribution in [2.75, 3.05) is 0 Å². The number of nitrogens with one attached hydrogen (secondary N) is 1. The molecule has 2 aromatic rings. The van der Waals surface area contributed by atoms with Crippen molar-refractivity contribution in [3.05, 3.63) is 41.4 Å². The van der Waals surface area contributed by atoms with Crippen LogP contribution in [0, 0.1) is 0 Å². The highest BCUT2D eigenvalue weighted by Crippen LogP contribution is 2.28. The number of oxazole rings is 1. The molecule has 6 heteroatoms. The number of aliphatic hydroxyl groups is 1. The maximum absolute atomic E-state index is 12.0. The fourth-order valence-corrected chi connectivity index (χ4v) is 3.18. The number of rotatable bonds is 5. The van der Waals surface area contributed by atoms with Crippen LogP contribution in [-0.4, -0.2) is 28.1 Å². The smallest absolute Gasteiger partial charge is 0.220 e. The van der Waals surface area contributed by atoms with E-state index >= 15 is 0 Å². The minimum Gasteiger partial charge on any atom is -0.441 e. The zero-order valence-corrected chi connectivity index (χ0v) is 14.1. The summed E-state index contributed by atoms with van der Waals surface area (Å²) >= 11 is 6.14. The van der Waals surface area contributed by atoms with Gasteiger partial charge in [0.2, 0.25) is 5.91 Å². The lowest BCUT2D eigenvalue weighted by atomic mass is 9.93. The Morgan fingerprint density at radius 1 is 1.29 bits per heavy atom. The van der Waals surface area contributed by atoms with E-state index in [9.17, 15) is 9.90 Å². The molecule has 0 atom stereocenters. The van der Waals surface area contributed by atoms with E-state index in [0.29, 0.717) is 29.5 Å². The van der Waals surface area contributed by atoms with Crippen molar-refractivity contribution in [3.63, 3.8) is 0 Å². The monoisotopic (exact) mass is 348 g/mol. The molecule has 0 saturated heterocycles. The molecule has 1 aromatic carbocycles. The highest BCUT2D eigenvalue weighted by molar-refractivity contribution is 6.33. The van der Waals surface area contributed by atoms with Crippen molar-refractivity contribution in [2.45, 2.75) is 50.7 Å². The second-order valence-electron chi connectivity index (χ2n) is 6.17. The molecular weight excluding hydrogens is 328 g/mol. The first-order chi connectivity index (χ1) is 11.6. The normalized spacial score (nSPS) is 20.8. The van der Waals surface area contributed by atoms with E-state index in [-0.39, 0.29) is 18.1 Å². The van der Waals surface area contributed by atoms with Gasteiger partial charge in [-0.15, -0.1) is 0 Å². The Labute approximate surface area is 146 Å². The number of nitrogens with zero attached hydrogens (tertiary/aromatic N) is 1. The summed E-state index contributed by atoms with van der Waals surface area (Å²) in [7, 11) is 0. The zero-order chi connectivity index (χ0) is 16.9. The molecule has 5 nitrogen and oxygen atoms in total. The number of benzene rings is 1. The molecule has 1 heterocycles. The summed E-state index contributed by atoms with van der Waals surface area (Å²) in [6.45, 7) is 0. The third kappa shape index (κ3) is 4.36. The lowest BCUT2D eigenvalue weighted by molar-refractivity contribution is -0.122. The van der Waals surface area contributed by atoms with E-state index in [1.54, 1.807) is 12.3 Å². The van der Waals surface area contributed by atoms with Gasteiger partial charge in [-0.3, -0.25) is 4.79 Å². The molecular formula is C18H21ClN2O3. The number of aromatic nitrogens is 1. The molecule has 1 fully saturated rings. The number of hydrogen-bond donors (Lipinski definition) is 2. The summed E-state index contributed by atoms with van der Waals surface area (Å²) in [6, 6.07) is 7.59. The molecule has 1 aliphatic rings. The molecule has 3 rings (SSSR count). The van der Waals surface area contributed by atoms with Gasteiger partial charge in [0.05, 0.1) is 17.3 Å². The second-order valence-corrected chi connectivity index (χ2v) is 6.58. The van der Waals surface area contributed by atoms with Gasteiger partial charge in [-0.1, -0.05) is 23.7 Å². The number of hydrogen-bond acceptors (Lipinski definition) is 4. The number of amides is 1. The topological polar surface area (TPSA) is 75.4 Å². The molecule has 1 aliphatic carbocycles. The molecule has 0 aliphatic heterocycles. The van der Waals surface area contributed by atoms with Crippen LogP contribution in [0.1, 0.15) is 38.0 Å². The molecule has 0 bridgehead atoms. The average molecular weight is 349 g/mol. The molecule has 1 aromatic heterocycles. The Kier molecular flexibility index (Phi) is 5.53. The molecule has 1 saturated carbocycles. The van der Waals surface area contributed by atoms with Gasteiger partial charge in [-0.05, 0) is 37.8 Å². The molecule has 0 unspecified atom stereocenters. The van der Waals surface area contributed by atoms with Crippen molar-refractivity contribution >= 4 is 17.5 Å². The Bertz CT molecular complexity index is 693. The number of aliphatic hydroxyl groups excluding tert-OH is 1. The Morgan fingerprint density at radius 3 is 2.79 bits per heavy atom. The Hall–Kier alpha value is -1.85. The summed E-state index contributed by atoms with van der Waals surface area (Å²) in [6.07, 6.45) is 5.39. The first kappa shape index (κ1) is 17.0.